The lowest BCUT2D eigenvalue weighted by Crippen LogP contribution is -2.26. The van der Waals surface area contributed by atoms with Gasteiger partial charge in [-0.05, 0) is 15.9 Å². The number of hydrogen-bond acceptors (Lipinski definition) is 7. The van der Waals surface area contributed by atoms with Crippen LogP contribution < -0.4 is 10.6 Å². The van der Waals surface area contributed by atoms with Crippen LogP contribution in [0.2, 0.25) is 0 Å². The molecule has 0 aromatic carbocycles. The van der Waals surface area contributed by atoms with Crippen LogP contribution >= 0.6 is 27.7 Å². The first-order valence-electron chi connectivity index (χ1n) is 5.07. The molecule has 18 heavy (non-hydrogen) atoms. The largest absolute Gasteiger partial charge is 0.370 e. The molecule has 2 N–H and O–H groups in total. The van der Waals surface area contributed by atoms with E-state index in [1.807, 2.05) is 6.07 Å². The Morgan fingerprint density at radius 2 is 2.56 bits per heavy atom. The van der Waals surface area contributed by atoms with Crippen LogP contribution in [-0.4, -0.2) is 29.4 Å². The molecule has 0 amide bonds. The number of nitrogens with one attached hydrogen (secondary N) is 2. The number of nitro groups is 1. The summed E-state index contributed by atoms with van der Waals surface area (Å²) in [7, 11) is 1.63. The molecule has 1 heterocycles. The van der Waals surface area contributed by atoms with Crippen molar-refractivity contribution in [3.8, 4) is 0 Å². The van der Waals surface area contributed by atoms with E-state index in [9.17, 15) is 10.1 Å². The monoisotopic (exact) mass is 336 g/mol. The molecule has 9 heteroatoms. The Morgan fingerprint density at radius 3 is 3.11 bits per heavy atom. The highest BCUT2D eigenvalue weighted by Gasteiger charge is 2.02. The van der Waals surface area contributed by atoms with Gasteiger partial charge < -0.3 is 15.2 Å². The van der Waals surface area contributed by atoms with Crippen molar-refractivity contribution in [3.05, 3.63) is 38.6 Å². The van der Waals surface area contributed by atoms with Gasteiger partial charge in [-0.1, -0.05) is 5.16 Å². The zero-order valence-corrected chi connectivity index (χ0v) is 12.1. The van der Waals surface area contributed by atoms with Crippen molar-refractivity contribution in [1.29, 1.82) is 0 Å². The Morgan fingerprint density at radius 1 is 1.78 bits per heavy atom. The summed E-state index contributed by atoms with van der Waals surface area (Å²) in [5, 5.41) is 19.6. The molecule has 0 saturated heterocycles. The van der Waals surface area contributed by atoms with Crippen molar-refractivity contribution in [2.45, 2.75) is 5.75 Å². The SMILES string of the molecule is CN/C(=C/[N+](=O)[O-])NCCSCc1cc(Br)no1. The summed E-state index contributed by atoms with van der Waals surface area (Å²) in [6.45, 7) is 0.625. The first-order valence-corrected chi connectivity index (χ1v) is 7.02. The fourth-order valence-electron chi connectivity index (χ4n) is 1.09. The van der Waals surface area contributed by atoms with Gasteiger partial charge in [-0.3, -0.25) is 10.1 Å². The number of aromatic nitrogens is 1. The highest BCUT2D eigenvalue weighted by Crippen LogP contribution is 2.15. The molecule has 1 rings (SSSR count). The Bertz CT molecular complexity index is 424. The molecule has 0 saturated carbocycles. The Kier molecular flexibility index (Phi) is 6.58. The lowest BCUT2D eigenvalue weighted by atomic mass is 10.5. The smallest absolute Gasteiger partial charge is 0.274 e. The lowest BCUT2D eigenvalue weighted by Gasteiger charge is -2.06. The highest BCUT2D eigenvalue weighted by atomic mass is 79.9. The van der Waals surface area contributed by atoms with Gasteiger partial charge in [0.15, 0.2) is 5.82 Å². The lowest BCUT2D eigenvalue weighted by molar-refractivity contribution is -0.404. The second-order valence-electron chi connectivity index (χ2n) is 3.17. The number of thioether (sulfide) groups is 1. The predicted octanol–water partition coefficient (Wildman–Crippen LogP) is 1.55. The van der Waals surface area contributed by atoms with Crippen molar-refractivity contribution in [3.63, 3.8) is 0 Å². The van der Waals surface area contributed by atoms with Crippen LogP contribution in [0.1, 0.15) is 5.76 Å². The van der Waals surface area contributed by atoms with Gasteiger partial charge in [-0.25, -0.2) is 0 Å². The van der Waals surface area contributed by atoms with E-state index in [4.69, 9.17) is 4.52 Å². The molecule has 0 spiro atoms. The van der Waals surface area contributed by atoms with Crippen LogP contribution in [-0.2, 0) is 5.75 Å². The fraction of sp³-hybridized carbons (Fsp3) is 0.444. The third kappa shape index (κ3) is 5.92. The molecule has 0 aliphatic carbocycles. The van der Waals surface area contributed by atoms with E-state index < -0.39 is 4.92 Å². The Balaban J connectivity index is 2.16. The van der Waals surface area contributed by atoms with Crippen LogP contribution in [0.25, 0.3) is 0 Å². The Hall–Kier alpha value is -1.22. The molecule has 0 unspecified atom stereocenters. The molecular weight excluding hydrogens is 324 g/mol. The maximum Gasteiger partial charge on any atom is 0.274 e. The number of hydrogen-bond donors (Lipinski definition) is 2. The molecule has 7 nitrogen and oxygen atoms in total. The minimum Gasteiger partial charge on any atom is -0.370 e. The molecular formula is C9H13BrN4O3S. The molecule has 100 valence electrons. The minimum atomic E-state index is -0.502. The summed E-state index contributed by atoms with van der Waals surface area (Å²) in [5.41, 5.74) is 0. The van der Waals surface area contributed by atoms with Gasteiger partial charge in [-0.2, -0.15) is 11.8 Å². The number of rotatable bonds is 8. The second kappa shape index (κ2) is 7.98. The van der Waals surface area contributed by atoms with Crippen molar-refractivity contribution >= 4 is 27.7 Å². The Labute approximate surface area is 117 Å². The van der Waals surface area contributed by atoms with Crippen LogP contribution in [0.15, 0.2) is 27.2 Å². The van der Waals surface area contributed by atoms with Crippen LogP contribution in [0, 0.1) is 10.1 Å². The normalized spacial score (nSPS) is 11.3. The summed E-state index contributed by atoms with van der Waals surface area (Å²) < 4.78 is 5.70. The maximum absolute atomic E-state index is 10.3. The van der Waals surface area contributed by atoms with Crippen molar-refractivity contribution < 1.29 is 9.45 Å². The van der Waals surface area contributed by atoms with Gasteiger partial charge in [0.1, 0.15) is 10.4 Å². The number of halogens is 1. The summed E-state index contributed by atoms with van der Waals surface area (Å²) in [6, 6.07) is 1.81. The molecule has 0 radical (unpaired) electrons. The molecule has 0 atom stereocenters. The summed E-state index contributed by atoms with van der Waals surface area (Å²) in [4.78, 5) is 9.76. The highest BCUT2D eigenvalue weighted by molar-refractivity contribution is 9.10. The maximum atomic E-state index is 10.3. The standard InChI is InChI=1S/C9H13BrN4O3S/c1-11-9(5-14(15)16)12-2-3-18-6-7-4-8(10)13-17-7/h4-5,11-12H,2-3,6H2,1H3/b9-5-. The van der Waals surface area contributed by atoms with Gasteiger partial charge >= 0.3 is 0 Å². The van der Waals surface area contributed by atoms with Crippen molar-refractivity contribution in [1.82, 2.24) is 15.8 Å². The van der Waals surface area contributed by atoms with Crippen LogP contribution in [0.5, 0.6) is 0 Å². The van der Waals surface area contributed by atoms with Gasteiger partial charge in [0.25, 0.3) is 6.20 Å². The van der Waals surface area contributed by atoms with E-state index in [0.717, 1.165) is 17.7 Å². The second-order valence-corrected chi connectivity index (χ2v) is 5.09. The zero-order valence-electron chi connectivity index (χ0n) is 9.68. The summed E-state index contributed by atoms with van der Waals surface area (Å²) >= 11 is 4.85. The van der Waals surface area contributed by atoms with Gasteiger partial charge in [0.2, 0.25) is 0 Å². The van der Waals surface area contributed by atoms with E-state index in [1.165, 1.54) is 0 Å². The van der Waals surface area contributed by atoms with Crippen LogP contribution in [0.4, 0.5) is 0 Å². The van der Waals surface area contributed by atoms with Gasteiger partial charge in [0.05, 0.1) is 10.7 Å². The third-order valence-electron chi connectivity index (χ3n) is 1.84. The molecule has 1 aromatic heterocycles. The van der Waals surface area contributed by atoms with Gasteiger partial charge in [0, 0.05) is 25.4 Å². The van der Waals surface area contributed by atoms with Crippen LogP contribution in [0.3, 0.4) is 0 Å². The van der Waals surface area contributed by atoms with Crippen molar-refractivity contribution in [2.75, 3.05) is 19.3 Å². The van der Waals surface area contributed by atoms with E-state index >= 15 is 0 Å². The third-order valence-corrected chi connectivity index (χ3v) is 3.20. The average molecular weight is 337 g/mol. The first-order chi connectivity index (χ1) is 8.61. The van der Waals surface area contributed by atoms with E-state index in [1.54, 1.807) is 18.8 Å². The molecule has 1 aromatic rings. The fourth-order valence-corrected chi connectivity index (χ4v) is 2.15. The topological polar surface area (TPSA) is 93.2 Å². The molecule has 0 aliphatic rings. The van der Waals surface area contributed by atoms with Crippen molar-refractivity contribution in [2.24, 2.45) is 0 Å². The summed E-state index contributed by atoms with van der Waals surface area (Å²) in [6.07, 6.45) is 0.901. The number of nitrogens with zero attached hydrogens (tertiary/aromatic N) is 2. The van der Waals surface area contributed by atoms with E-state index in [-0.39, 0.29) is 0 Å². The van der Waals surface area contributed by atoms with E-state index in [2.05, 4.69) is 31.7 Å². The quantitative estimate of drug-likeness (QED) is 0.422. The zero-order chi connectivity index (χ0) is 13.4. The van der Waals surface area contributed by atoms with Gasteiger partial charge in [-0.15, -0.1) is 0 Å². The first kappa shape index (κ1) is 14.8. The summed E-state index contributed by atoms with van der Waals surface area (Å²) in [5.74, 6) is 2.70. The minimum absolute atomic E-state index is 0.392. The van der Waals surface area contributed by atoms with E-state index in [0.29, 0.717) is 22.7 Å². The molecule has 0 bridgehead atoms. The predicted molar refractivity (Wildman–Crippen MR) is 72.5 cm³/mol. The molecule has 0 fully saturated rings. The molecule has 0 aliphatic heterocycles. The average Bonchev–Trinajstić information content (AvgIpc) is 2.72.